The number of fused-ring (bicyclic) bond motifs is 1. The van der Waals surface area contributed by atoms with E-state index in [2.05, 4.69) is 36.5 Å². The van der Waals surface area contributed by atoms with Crippen molar-refractivity contribution in [3.05, 3.63) is 24.3 Å². The molecule has 0 saturated carbocycles. The molecule has 1 heterocycles. The first-order chi connectivity index (χ1) is 4.86. The summed E-state index contributed by atoms with van der Waals surface area (Å²) in [5, 5.41) is 3.46. The first-order valence-corrected chi connectivity index (χ1v) is 5.89. The molecule has 1 aromatic rings. The Bertz CT molecular complexity index is 222. The molecule has 0 bridgehead atoms. The molecule has 2 heteroatoms. The van der Waals surface area contributed by atoms with Gasteiger partial charge in [-0.05, 0) is 0 Å². The van der Waals surface area contributed by atoms with Crippen molar-refractivity contribution in [2.24, 2.45) is 0 Å². The molecule has 52 valence electrons. The van der Waals surface area contributed by atoms with Crippen LogP contribution in [0.4, 0.5) is 5.69 Å². The van der Waals surface area contributed by atoms with E-state index >= 15 is 0 Å². The van der Waals surface area contributed by atoms with Gasteiger partial charge in [0.15, 0.2) is 0 Å². The molecule has 2 rings (SSSR count). The standard InChI is InChI=1S/C8H9NTe/c1-6-9-7-4-2-3-5-8(7)10-6/h2-6,9H,1H3. The fourth-order valence-electron chi connectivity index (χ4n) is 1.13. The molecule has 1 nitrogen and oxygen atoms in total. The van der Waals surface area contributed by atoms with Crippen LogP contribution in [0, 0.1) is 0 Å². The number of anilines is 1. The number of benzene rings is 1. The third kappa shape index (κ3) is 1.02. The van der Waals surface area contributed by atoms with Gasteiger partial charge in [0, 0.05) is 0 Å². The van der Waals surface area contributed by atoms with E-state index < -0.39 is 0 Å². The fraction of sp³-hybridized carbons (Fsp3) is 0.250. The van der Waals surface area contributed by atoms with Crippen LogP contribution in [0.15, 0.2) is 24.3 Å². The molecule has 10 heavy (non-hydrogen) atoms. The van der Waals surface area contributed by atoms with Crippen LogP contribution < -0.4 is 8.93 Å². The molecule has 1 aliphatic rings. The van der Waals surface area contributed by atoms with Crippen molar-refractivity contribution in [2.75, 3.05) is 5.32 Å². The molecule has 1 atom stereocenters. The Labute approximate surface area is 70.9 Å². The van der Waals surface area contributed by atoms with E-state index in [9.17, 15) is 0 Å². The third-order valence-electron chi connectivity index (χ3n) is 1.55. The van der Waals surface area contributed by atoms with Crippen LogP contribution in [0.25, 0.3) is 0 Å². The van der Waals surface area contributed by atoms with Gasteiger partial charge in [-0.3, -0.25) is 0 Å². The Kier molecular flexibility index (Phi) is 1.60. The monoisotopic (exact) mass is 249 g/mol. The van der Waals surface area contributed by atoms with E-state index in [4.69, 9.17) is 0 Å². The molecule has 1 aromatic carbocycles. The third-order valence-corrected chi connectivity index (χ3v) is 4.64. The van der Waals surface area contributed by atoms with Gasteiger partial charge in [-0.1, -0.05) is 0 Å². The van der Waals surface area contributed by atoms with Gasteiger partial charge in [-0.15, -0.1) is 0 Å². The zero-order valence-corrected chi connectivity index (χ0v) is 8.13. The predicted molar refractivity (Wildman–Crippen MR) is 44.9 cm³/mol. The molecular formula is C8H9NTe. The average Bonchev–Trinajstić information content (AvgIpc) is 2.27. The van der Waals surface area contributed by atoms with E-state index in [0.29, 0.717) is 0 Å². The van der Waals surface area contributed by atoms with Crippen molar-refractivity contribution in [1.29, 1.82) is 0 Å². The van der Waals surface area contributed by atoms with Gasteiger partial charge in [0.2, 0.25) is 0 Å². The van der Waals surface area contributed by atoms with E-state index in [0.717, 1.165) is 4.09 Å². The quantitative estimate of drug-likeness (QED) is 0.668. The fourth-order valence-corrected chi connectivity index (χ4v) is 3.92. The van der Waals surface area contributed by atoms with Crippen LogP contribution >= 0.6 is 0 Å². The second-order valence-corrected chi connectivity index (χ2v) is 6.35. The van der Waals surface area contributed by atoms with Crippen LogP contribution in [0.2, 0.25) is 0 Å². The predicted octanol–water partition coefficient (Wildman–Crippen LogP) is 0.788. The molecule has 0 spiro atoms. The minimum absolute atomic E-state index is 0.0798. The summed E-state index contributed by atoms with van der Waals surface area (Å²) in [5.74, 6) is 0. The van der Waals surface area contributed by atoms with Crippen LogP contribution in [-0.2, 0) is 0 Å². The van der Waals surface area contributed by atoms with Gasteiger partial charge in [-0.25, -0.2) is 0 Å². The second kappa shape index (κ2) is 2.45. The zero-order chi connectivity index (χ0) is 6.97. The van der Waals surface area contributed by atoms with Gasteiger partial charge >= 0.3 is 70.8 Å². The first kappa shape index (κ1) is 6.52. The summed E-state index contributed by atoms with van der Waals surface area (Å²) in [6, 6.07) is 8.64. The van der Waals surface area contributed by atoms with Crippen molar-refractivity contribution in [3.8, 4) is 0 Å². The molecule has 0 fully saturated rings. The second-order valence-electron chi connectivity index (χ2n) is 2.40. The Hall–Kier alpha value is -0.190. The molecule has 1 unspecified atom stereocenters. The number of nitrogens with one attached hydrogen (secondary N) is 1. The summed E-state index contributed by atoms with van der Waals surface area (Å²) in [7, 11) is 0. The van der Waals surface area contributed by atoms with Gasteiger partial charge < -0.3 is 0 Å². The van der Waals surface area contributed by atoms with Gasteiger partial charge in [0.05, 0.1) is 0 Å². The SMILES string of the molecule is CC1Nc2ccccc2[Te]1. The summed E-state index contributed by atoms with van der Waals surface area (Å²) in [6.07, 6.45) is 0. The maximum atomic E-state index is 3.46. The van der Waals surface area contributed by atoms with Crippen molar-refractivity contribution in [3.63, 3.8) is 0 Å². The molecule has 0 aliphatic carbocycles. The molecule has 1 N–H and O–H groups in total. The number of hydrogen-bond acceptors (Lipinski definition) is 1. The van der Waals surface area contributed by atoms with E-state index in [1.165, 1.54) is 5.69 Å². The van der Waals surface area contributed by atoms with Crippen LogP contribution in [-0.4, -0.2) is 25.0 Å². The molecular weight excluding hydrogens is 238 g/mol. The summed E-state index contributed by atoms with van der Waals surface area (Å²) < 4.78 is 2.34. The summed E-state index contributed by atoms with van der Waals surface area (Å²) >= 11 is 0.0798. The number of para-hydroxylation sites is 1. The zero-order valence-electron chi connectivity index (χ0n) is 5.79. The summed E-state index contributed by atoms with van der Waals surface area (Å²) in [4.78, 5) is 0. The van der Waals surface area contributed by atoms with Crippen molar-refractivity contribution in [2.45, 2.75) is 11.0 Å². The summed E-state index contributed by atoms with van der Waals surface area (Å²) in [5.41, 5.74) is 1.37. The van der Waals surface area contributed by atoms with Gasteiger partial charge in [-0.2, -0.15) is 0 Å². The first-order valence-electron chi connectivity index (χ1n) is 3.38. The Balaban J connectivity index is 2.42. The Morgan fingerprint density at radius 2 is 2.20 bits per heavy atom. The van der Waals surface area contributed by atoms with Crippen molar-refractivity contribution >= 4 is 30.2 Å². The molecule has 0 saturated heterocycles. The minimum atomic E-state index is 0.0798. The van der Waals surface area contributed by atoms with Crippen LogP contribution in [0.5, 0.6) is 0 Å². The Morgan fingerprint density at radius 1 is 1.40 bits per heavy atom. The van der Waals surface area contributed by atoms with Crippen molar-refractivity contribution in [1.82, 2.24) is 0 Å². The topological polar surface area (TPSA) is 12.0 Å². The van der Waals surface area contributed by atoms with E-state index in [1.54, 1.807) is 3.61 Å². The molecule has 1 aliphatic heterocycles. The molecule has 0 amide bonds. The average molecular weight is 247 g/mol. The normalized spacial score (nSPS) is 21.9. The molecule has 0 aromatic heterocycles. The van der Waals surface area contributed by atoms with Crippen molar-refractivity contribution < 1.29 is 0 Å². The van der Waals surface area contributed by atoms with E-state index in [1.807, 2.05) is 0 Å². The number of hydrogen-bond donors (Lipinski definition) is 1. The van der Waals surface area contributed by atoms with Gasteiger partial charge in [0.25, 0.3) is 0 Å². The van der Waals surface area contributed by atoms with Crippen LogP contribution in [0.3, 0.4) is 0 Å². The Morgan fingerprint density at radius 3 is 3.00 bits per heavy atom. The summed E-state index contributed by atoms with van der Waals surface area (Å²) in [6.45, 7) is 2.27. The van der Waals surface area contributed by atoms with E-state index in [-0.39, 0.29) is 20.9 Å². The number of rotatable bonds is 0. The van der Waals surface area contributed by atoms with Gasteiger partial charge in [0.1, 0.15) is 0 Å². The molecule has 0 radical (unpaired) electrons. The maximum absolute atomic E-state index is 3.46. The van der Waals surface area contributed by atoms with Crippen LogP contribution in [0.1, 0.15) is 6.92 Å².